The Kier molecular flexibility index (Phi) is 8.40. The van der Waals surface area contributed by atoms with Crippen LogP contribution in [0.3, 0.4) is 0 Å². The first-order valence-electron chi connectivity index (χ1n) is 20.7. The normalized spacial score (nSPS) is 14.8. The molecule has 6 heteroatoms. The molecule has 59 heavy (non-hydrogen) atoms. The Balaban J connectivity index is 1.08. The lowest BCUT2D eigenvalue weighted by molar-refractivity contribution is 0.477. The van der Waals surface area contributed by atoms with Gasteiger partial charge in [0.15, 0.2) is 29.0 Å². The molecule has 0 radical (unpaired) electrons. The first-order valence-corrected chi connectivity index (χ1v) is 20.7. The third-order valence-corrected chi connectivity index (χ3v) is 12.3. The van der Waals surface area contributed by atoms with Crippen LogP contribution >= 0.6 is 0 Å². The van der Waals surface area contributed by atoms with Gasteiger partial charge in [-0.2, -0.15) is 0 Å². The van der Waals surface area contributed by atoms with Gasteiger partial charge in [-0.25, -0.2) is 15.0 Å². The number of anilines is 6. The Bertz CT molecular complexity index is 2840. The number of ether oxygens (including phenoxy) is 1. The second-order valence-electron chi connectivity index (χ2n) is 16.3. The lowest BCUT2D eigenvalue weighted by Gasteiger charge is -2.43. The van der Waals surface area contributed by atoms with Gasteiger partial charge < -0.3 is 14.5 Å². The zero-order chi connectivity index (χ0) is 39.5. The summed E-state index contributed by atoms with van der Waals surface area (Å²) in [6.45, 7) is 4.68. The molecule has 0 fully saturated rings. The number of nitrogens with zero attached hydrogens (tertiary/aromatic N) is 5. The molecule has 3 heterocycles. The molecule has 0 atom stereocenters. The third-order valence-electron chi connectivity index (χ3n) is 12.3. The Hall–Kier alpha value is -7.05. The van der Waals surface area contributed by atoms with E-state index in [0.717, 1.165) is 75.2 Å². The highest BCUT2D eigenvalue weighted by Crippen LogP contribution is 2.56. The van der Waals surface area contributed by atoms with E-state index < -0.39 is 5.41 Å². The van der Waals surface area contributed by atoms with E-state index in [1.807, 2.05) is 42.5 Å². The maximum Gasteiger partial charge on any atom is 0.164 e. The number of para-hydroxylation sites is 5. The van der Waals surface area contributed by atoms with Gasteiger partial charge in [0.05, 0.1) is 22.7 Å². The highest BCUT2D eigenvalue weighted by molar-refractivity contribution is 5.91. The minimum Gasteiger partial charge on any atom is -0.453 e. The molecular weight excluding hydrogens is 723 g/mol. The molecule has 0 unspecified atom stereocenters. The van der Waals surface area contributed by atoms with Gasteiger partial charge in [0.25, 0.3) is 0 Å². The Morgan fingerprint density at radius 2 is 0.949 bits per heavy atom. The van der Waals surface area contributed by atoms with Gasteiger partial charge in [-0.1, -0.05) is 105 Å². The monoisotopic (exact) mass is 765 g/mol. The van der Waals surface area contributed by atoms with Crippen molar-refractivity contribution in [3.8, 4) is 45.7 Å². The van der Waals surface area contributed by atoms with Crippen molar-refractivity contribution >= 4 is 34.1 Å². The molecule has 1 aromatic heterocycles. The summed E-state index contributed by atoms with van der Waals surface area (Å²) in [5, 5.41) is 0. The van der Waals surface area contributed by atoms with Crippen LogP contribution in [0.4, 0.5) is 34.1 Å². The van der Waals surface area contributed by atoms with E-state index in [1.54, 1.807) is 0 Å². The average Bonchev–Trinajstić information content (AvgIpc) is 3.54. The van der Waals surface area contributed by atoms with E-state index in [0.29, 0.717) is 17.5 Å². The predicted molar refractivity (Wildman–Crippen MR) is 239 cm³/mol. The summed E-state index contributed by atoms with van der Waals surface area (Å²) >= 11 is 0. The minimum atomic E-state index is -0.400. The second-order valence-corrected chi connectivity index (χ2v) is 16.3. The number of aryl methyl sites for hydroxylation is 2. The quantitative estimate of drug-likeness (QED) is 0.163. The zero-order valence-corrected chi connectivity index (χ0v) is 33.3. The van der Waals surface area contributed by atoms with Crippen LogP contribution in [0.15, 0.2) is 164 Å². The van der Waals surface area contributed by atoms with Crippen LogP contribution in [0.25, 0.3) is 34.2 Å². The molecule has 286 valence electrons. The van der Waals surface area contributed by atoms with E-state index >= 15 is 0 Å². The van der Waals surface area contributed by atoms with Crippen LogP contribution in [0.1, 0.15) is 55.4 Å². The first-order chi connectivity index (χ1) is 29.0. The van der Waals surface area contributed by atoms with Crippen LogP contribution in [-0.4, -0.2) is 15.0 Å². The van der Waals surface area contributed by atoms with Crippen molar-refractivity contribution in [3.05, 3.63) is 186 Å². The molecule has 0 bridgehead atoms. The maximum absolute atomic E-state index is 6.40. The van der Waals surface area contributed by atoms with Gasteiger partial charge in [0.2, 0.25) is 0 Å². The number of aromatic nitrogens is 3. The van der Waals surface area contributed by atoms with E-state index in [2.05, 4.69) is 145 Å². The molecule has 2 aliphatic heterocycles. The molecular formula is C53H43N5O. The number of fused-ring (bicyclic) bond motifs is 5. The van der Waals surface area contributed by atoms with Crippen molar-refractivity contribution in [3.63, 3.8) is 0 Å². The van der Waals surface area contributed by atoms with Crippen molar-refractivity contribution in [1.82, 2.24) is 15.0 Å². The molecule has 7 aromatic carbocycles. The minimum absolute atomic E-state index is 0.400. The van der Waals surface area contributed by atoms with E-state index in [9.17, 15) is 0 Å². The molecule has 0 saturated carbocycles. The number of rotatable bonds is 5. The van der Waals surface area contributed by atoms with E-state index in [1.165, 1.54) is 41.5 Å². The lowest BCUT2D eigenvalue weighted by Crippen LogP contribution is -2.31. The van der Waals surface area contributed by atoms with Crippen molar-refractivity contribution in [2.45, 2.75) is 51.4 Å². The van der Waals surface area contributed by atoms with Gasteiger partial charge in [-0.15, -0.1) is 0 Å². The fourth-order valence-electron chi connectivity index (χ4n) is 9.24. The molecule has 3 aliphatic rings. The third kappa shape index (κ3) is 6.06. The van der Waals surface area contributed by atoms with E-state index in [4.69, 9.17) is 19.7 Å². The Labute approximate surface area is 345 Å². The van der Waals surface area contributed by atoms with Gasteiger partial charge in [-0.05, 0) is 127 Å². The summed E-state index contributed by atoms with van der Waals surface area (Å²) in [6.07, 6.45) is 5.97. The summed E-state index contributed by atoms with van der Waals surface area (Å²) < 4.78 is 6.40. The van der Waals surface area contributed by atoms with Crippen molar-refractivity contribution in [2.75, 3.05) is 9.80 Å². The molecule has 11 rings (SSSR count). The van der Waals surface area contributed by atoms with E-state index in [-0.39, 0.29) is 0 Å². The van der Waals surface area contributed by atoms with Gasteiger partial charge in [-0.3, -0.25) is 0 Å². The fourth-order valence-corrected chi connectivity index (χ4v) is 9.24. The molecule has 6 nitrogen and oxygen atoms in total. The summed E-state index contributed by atoms with van der Waals surface area (Å²) in [6, 6.07) is 57.9. The number of benzene rings is 7. The van der Waals surface area contributed by atoms with Crippen LogP contribution in [0, 0.1) is 0 Å². The molecule has 0 N–H and O–H groups in total. The second kappa shape index (κ2) is 14.1. The summed E-state index contributed by atoms with van der Waals surface area (Å²) in [5.41, 5.74) is 14.3. The van der Waals surface area contributed by atoms with Crippen LogP contribution in [0.2, 0.25) is 0 Å². The summed E-state index contributed by atoms with van der Waals surface area (Å²) in [4.78, 5) is 20.3. The smallest absolute Gasteiger partial charge is 0.164 e. The van der Waals surface area contributed by atoms with Crippen LogP contribution in [0.5, 0.6) is 11.5 Å². The fraction of sp³-hybridized carbons (Fsp3) is 0.151. The van der Waals surface area contributed by atoms with Crippen LogP contribution < -0.4 is 14.5 Å². The molecule has 8 aromatic rings. The Morgan fingerprint density at radius 3 is 1.64 bits per heavy atom. The average molecular weight is 766 g/mol. The number of hydrogen-bond acceptors (Lipinski definition) is 6. The van der Waals surface area contributed by atoms with Crippen molar-refractivity contribution in [1.29, 1.82) is 0 Å². The first kappa shape index (κ1) is 35.1. The van der Waals surface area contributed by atoms with Gasteiger partial charge in [0.1, 0.15) is 0 Å². The number of hydrogen-bond donors (Lipinski definition) is 0. The SMILES string of the molecule is CC1(C)c2cc(-c3nc(-c4ccccc4)nc(-c4ccc5c(c4)CCCCC5)n3)ccc2N(c2ccccc2)c2ccc(N3c4ccccc4Oc4ccccc43)cc21. The van der Waals surface area contributed by atoms with Crippen molar-refractivity contribution in [2.24, 2.45) is 0 Å². The van der Waals surface area contributed by atoms with Gasteiger partial charge >= 0.3 is 0 Å². The van der Waals surface area contributed by atoms with Gasteiger partial charge in [0, 0.05) is 33.5 Å². The summed E-state index contributed by atoms with van der Waals surface area (Å²) in [5.74, 6) is 3.70. The maximum atomic E-state index is 6.40. The molecule has 1 aliphatic carbocycles. The standard InChI is InChI=1S/C53H43N5O/c1-53(2)42-33-39(52-55-50(36-17-7-4-8-18-36)54-51(56-52)38-27-26-35-16-6-3-9-19-37(35)32-38)28-30-44(42)57(40-20-10-5-11-21-40)45-31-29-41(34-43(45)53)58-46-22-12-14-24-48(46)59-49-25-15-13-23-47(49)58/h4-5,7-8,10-15,17-18,20-34H,3,6,9,16,19H2,1-2H3. The summed E-state index contributed by atoms with van der Waals surface area (Å²) in [7, 11) is 0. The molecule has 0 saturated heterocycles. The zero-order valence-electron chi connectivity index (χ0n) is 33.3. The lowest BCUT2D eigenvalue weighted by atomic mass is 9.72. The predicted octanol–water partition coefficient (Wildman–Crippen LogP) is 13.8. The Morgan fingerprint density at radius 1 is 0.424 bits per heavy atom. The topological polar surface area (TPSA) is 54.4 Å². The van der Waals surface area contributed by atoms with Crippen molar-refractivity contribution < 1.29 is 4.74 Å². The molecule has 0 spiro atoms. The van der Waals surface area contributed by atoms with Crippen LogP contribution in [-0.2, 0) is 18.3 Å². The highest BCUT2D eigenvalue weighted by Gasteiger charge is 2.38. The largest absolute Gasteiger partial charge is 0.453 e. The molecule has 0 amide bonds. The highest BCUT2D eigenvalue weighted by atomic mass is 16.5.